The Kier molecular flexibility index (Phi) is 7.22. The second kappa shape index (κ2) is 8.94. The number of nitrogens with one attached hydrogen (secondary N) is 1. The minimum atomic E-state index is -0.265. The van der Waals surface area contributed by atoms with E-state index in [9.17, 15) is 9.90 Å². The van der Waals surface area contributed by atoms with Crippen molar-refractivity contribution in [2.24, 2.45) is 5.10 Å². The van der Waals surface area contributed by atoms with Crippen LogP contribution in [0.3, 0.4) is 0 Å². The smallest absolute Gasteiger partial charge is 0.250 e. The van der Waals surface area contributed by atoms with Gasteiger partial charge < -0.3 is 5.11 Å². The first-order valence-corrected chi connectivity index (χ1v) is 9.94. The van der Waals surface area contributed by atoms with Gasteiger partial charge in [0.25, 0.3) is 5.91 Å². The number of benzene rings is 1. The van der Waals surface area contributed by atoms with Crippen LogP contribution in [-0.2, 0) is 4.79 Å². The zero-order chi connectivity index (χ0) is 17.7. The van der Waals surface area contributed by atoms with Gasteiger partial charge in [-0.1, -0.05) is 11.8 Å². The van der Waals surface area contributed by atoms with Crippen LogP contribution in [0, 0.1) is 21.0 Å². The van der Waals surface area contributed by atoms with Gasteiger partial charge in [0.05, 0.1) is 15.5 Å². The summed E-state index contributed by atoms with van der Waals surface area (Å²) in [6.07, 6.45) is 1.43. The van der Waals surface area contributed by atoms with E-state index in [1.165, 1.54) is 18.0 Å². The molecule has 1 aromatic heterocycles. The van der Waals surface area contributed by atoms with E-state index in [1.807, 2.05) is 48.6 Å². The molecule has 0 atom stereocenters. The van der Waals surface area contributed by atoms with E-state index in [4.69, 9.17) is 0 Å². The topological polar surface area (TPSA) is 87.5 Å². The molecule has 2 aromatic rings. The molecule has 24 heavy (non-hydrogen) atoms. The number of phenols is 1. The number of hydrogen-bond acceptors (Lipinski definition) is 6. The number of rotatable bonds is 5. The zero-order valence-corrected chi connectivity index (χ0v) is 18.0. The second-order valence-corrected chi connectivity index (χ2v) is 8.19. The average Bonchev–Trinajstić information content (AvgIpc) is 2.49. The third-order valence-electron chi connectivity index (χ3n) is 2.74. The van der Waals surface area contributed by atoms with E-state index in [-0.39, 0.29) is 17.4 Å². The Morgan fingerprint density at radius 3 is 2.62 bits per heavy atom. The van der Waals surface area contributed by atoms with Crippen molar-refractivity contribution in [3.8, 4) is 5.75 Å². The van der Waals surface area contributed by atoms with Crippen LogP contribution in [0.5, 0.6) is 5.75 Å². The maximum absolute atomic E-state index is 11.8. The number of halogens is 2. The summed E-state index contributed by atoms with van der Waals surface area (Å²) >= 11 is 5.45. The van der Waals surface area contributed by atoms with E-state index in [0.717, 1.165) is 18.5 Å². The Hall–Kier alpha value is -0.950. The number of amides is 1. The molecular weight excluding hydrogens is 554 g/mol. The molecule has 9 heteroatoms. The summed E-state index contributed by atoms with van der Waals surface area (Å²) in [4.78, 5) is 20.4. The van der Waals surface area contributed by atoms with Crippen molar-refractivity contribution in [2.75, 3.05) is 5.75 Å². The fraction of sp³-hybridized carbons (Fsp3) is 0.200. The molecule has 1 aromatic carbocycles. The fourth-order valence-electron chi connectivity index (χ4n) is 1.78. The number of hydrogen-bond donors (Lipinski definition) is 2. The largest absolute Gasteiger partial charge is 0.506 e. The lowest BCUT2D eigenvalue weighted by atomic mass is 10.2. The van der Waals surface area contributed by atoms with Crippen LogP contribution in [0.1, 0.15) is 17.0 Å². The summed E-state index contributed by atoms with van der Waals surface area (Å²) in [7, 11) is 0. The Morgan fingerprint density at radius 1 is 1.29 bits per heavy atom. The summed E-state index contributed by atoms with van der Waals surface area (Å²) in [6, 6.07) is 5.52. The van der Waals surface area contributed by atoms with E-state index in [2.05, 4.69) is 43.1 Å². The van der Waals surface area contributed by atoms with Crippen molar-refractivity contribution >= 4 is 69.1 Å². The number of aromatic nitrogens is 2. The lowest BCUT2D eigenvalue weighted by Gasteiger charge is -2.04. The van der Waals surface area contributed by atoms with Crippen LogP contribution >= 0.6 is 56.9 Å². The molecule has 0 saturated carbocycles. The van der Waals surface area contributed by atoms with E-state index >= 15 is 0 Å². The second-order valence-electron chi connectivity index (χ2n) is 4.84. The molecule has 0 unspecified atom stereocenters. The van der Waals surface area contributed by atoms with Gasteiger partial charge in [0, 0.05) is 20.5 Å². The van der Waals surface area contributed by atoms with Gasteiger partial charge in [-0.25, -0.2) is 15.4 Å². The Balaban J connectivity index is 1.91. The fourth-order valence-corrected chi connectivity index (χ4v) is 4.41. The van der Waals surface area contributed by atoms with Gasteiger partial charge in [0.2, 0.25) is 0 Å². The summed E-state index contributed by atoms with van der Waals surface area (Å²) in [5.41, 5.74) is 4.72. The predicted octanol–water partition coefficient (Wildman–Crippen LogP) is 3.25. The normalized spacial score (nSPS) is 11.0. The molecule has 1 amide bonds. The van der Waals surface area contributed by atoms with Gasteiger partial charge >= 0.3 is 0 Å². The molecule has 1 heterocycles. The molecule has 126 valence electrons. The highest BCUT2D eigenvalue weighted by molar-refractivity contribution is 14.1. The van der Waals surface area contributed by atoms with E-state index in [0.29, 0.717) is 10.7 Å². The van der Waals surface area contributed by atoms with Crippen molar-refractivity contribution in [3.05, 3.63) is 42.3 Å². The van der Waals surface area contributed by atoms with Gasteiger partial charge in [-0.15, -0.1) is 0 Å². The number of aromatic hydroxyl groups is 1. The average molecular weight is 568 g/mol. The summed E-state index contributed by atoms with van der Waals surface area (Å²) in [5.74, 6) is 0.0432. The highest BCUT2D eigenvalue weighted by Gasteiger charge is 2.07. The van der Waals surface area contributed by atoms with Crippen molar-refractivity contribution in [2.45, 2.75) is 19.0 Å². The summed E-state index contributed by atoms with van der Waals surface area (Å²) in [5, 5.41) is 14.4. The lowest BCUT2D eigenvalue weighted by Crippen LogP contribution is -2.19. The third-order valence-corrected chi connectivity index (χ3v) is 5.04. The molecule has 2 rings (SSSR count). The number of carbonyl (C=O) groups excluding carboxylic acids is 1. The number of hydrazone groups is 1. The first-order valence-electron chi connectivity index (χ1n) is 6.80. The molecule has 0 aliphatic heterocycles. The van der Waals surface area contributed by atoms with Crippen molar-refractivity contribution in [1.29, 1.82) is 0 Å². The minimum absolute atomic E-state index is 0.145. The molecule has 0 radical (unpaired) electrons. The molecule has 0 fully saturated rings. The van der Waals surface area contributed by atoms with Gasteiger partial charge in [-0.3, -0.25) is 4.79 Å². The standard InChI is InChI=1S/C15H14I2N4O2S/c1-8-3-9(2)20-15(19-8)24-7-13(22)21-18-6-10-4-11(16)5-12(17)14(10)23/h3-6,23H,7H2,1-2H3,(H,21,22). The Labute approximate surface area is 171 Å². The van der Waals surface area contributed by atoms with Crippen molar-refractivity contribution in [3.63, 3.8) is 0 Å². The van der Waals surface area contributed by atoms with Crippen LogP contribution in [0.2, 0.25) is 0 Å². The first-order chi connectivity index (χ1) is 11.3. The molecule has 0 spiro atoms. The van der Waals surface area contributed by atoms with E-state index < -0.39 is 0 Å². The SMILES string of the molecule is Cc1cc(C)nc(SCC(=O)NN=Cc2cc(I)cc(I)c2O)n1. The highest BCUT2D eigenvalue weighted by atomic mass is 127. The molecule has 0 aliphatic rings. The molecule has 0 bridgehead atoms. The predicted molar refractivity (Wildman–Crippen MR) is 112 cm³/mol. The summed E-state index contributed by atoms with van der Waals surface area (Å²) < 4.78 is 1.71. The molecule has 0 aliphatic carbocycles. The van der Waals surface area contributed by atoms with Crippen molar-refractivity contribution < 1.29 is 9.90 Å². The maximum atomic E-state index is 11.8. The highest BCUT2D eigenvalue weighted by Crippen LogP contribution is 2.25. The molecule has 2 N–H and O–H groups in total. The number of carbonyl (C=O) groups is 1. The number of phenolic OH excluding ortho intramolecular Hbond substituents is 1. The number of aryl methyl sites for hydroxylation is 2. The molecule has 6 nitrogen and oxygen atoms in total. The van der Waals surface area contributed by atoms with Gasteiger partial charge in [0.1, 0.15) is 5.75 Å². The molecular formula is C15H14I2N4O2S. The quantitative estimate of drug-likeness (QED) is 0.190. The zero-order valence-electron chi connectivity index (χ0n) is 12.9. The monoisotopic (exact) mass is 568 g/mol. The maximum Gasteiger partial charge on any atom is 0.250 e. The van der Waals surface area contributed by atoms with Crippen LogP contribution < -0.4 is 5.43 Å². The Bertz CT molecular complexity index is 779. The summed E-state index contributed by atoms with van der Waals surface area (Å²) in [6.45, 7) is 3.77. The van der Waals surface area contributed by atoms with Crippen LogP contribution in [-0.4, -0.2) is 32.9 Å². The number of thioether (sulfide) groups is 1. The Morgan fingerprint density at radius 2 is 1.96 bits per heavy atom. The lowest BCUT2D eigenvalue weighted by molar-refractivity contribution is -0.118. The van der Waals surface area contributed by atoms with Crippen LogP contribution in [0.4, 0.5) is 0 Å². The molecule has 0 saturated heterocycles. The van der Waals surface area contributed by atoms with Gasteiger partial charge in [0.15, 0.2) is 5.16 Å². The third kappa shape index (κ3) is 5.84. The minimum Gasteiger partial charge on any atom is -0.506 e. The van der Waals surface area contributed by atoms with Crippen LogP contribution in [0.25, 0.3) is 0 Å². The first kappa shape index (κ1) is 19.4. The van der Waals surface area contributed by atoms with Crippen LogP contribution in [0.15, 0.2) is 28.5 Å². The number of nitrogens with zero attached hydrogens (tertiary/aromatic N) is 3. The van der Waals surface area contributed by atoms with Crippen molar-refractivity contribution in [1.82, 2.24) is 15.4 Å². The van der Waals surface area contributed by atoms with Gasteiger partial charge in [-0.2, -0.15) is 5.10 Å². The van der Waals surface area contributed by atoms with E-state index in [1.54, 1.807) is 6.07 Å². The van der Waals surface area contributed by atoms with Gasteiger partial charge in [-0.05, 0) is 77.2 Å².